The molecule has 272 valence electrons. The molecule has 0 aromatic heterocycles. The van der Waals surface area contributed by atoms with Crippen LogP contribution >= 0.6 is 0 Å². The van der Waals surface area contributed by atoms with E-state index in [1.807, 2.05) is 88.4 Å². The van der Waals surface area contributed by atoms with Crippen LogP contribution < -0.4 is 31.9 Å². The minimum Gasteiger partial charge on any atom is -0.412 e. The van der Waals surface area contributed by atoms with Crippen molar-refractivity contribution in [1.82, 2.24) is 31.9 Å². The Morgan fingerprint density at radius 3 is 1.24 bits per heavy atom. The van der Waals surface area contributed by atoms with E-state index in [0.29, 0.717) is 0 Å². The molecule has 1 saturated heterocycles. The van der Waals surface area contributed by atoms with Crippen molar-refractivity contribution < 1.29 is 45.2 Å². The van der Waals surface area contributed by atoms with E-state index in [0.717, 1.165) is 11.1 Å². The van der Waals surface area contributed by atoms with Crippen LogP contribution in [0.2, 0.25) is 0 Å². The van der Waals surface area contributed by atoms with Crippen LogP contribution in [0.4, 0.5) is 0 Å². The number of hydrogen-bond donors (Lipinski definition) is 6. The lowest BCUT2D eigenvalue weighted by Crippen LogP contribution is -2.59. The molecule has 49 heavy (non-hydrogen) atoms. The van der Waals surface area contributed by atoms with Gasteiger partial charge >= 0.3 is 0 Å². The summed E-state index contributed by atoms with van der Waals surface area (Å²) in [4.78, 5) is 79.7. The lowest BCUT2D eigenvalue weighted by Gasteiger charge is -2.26. The second-order valence-corrected chi connectivity index (χ2v) is 12.4. The highest BCUT2D eigenvalue weighted by molar-refractivity contribution is 5.96. The third kappa shape index (κ3) is 15.3. The van der Waals surface area contributed by atoms with Gasteiger partial charge in [0.25, 0.3) is 0 Å². The molecule has 15 heteroatoms. The van der Waals surface area contributed by atoms with Crippen molar-refractivity contribution in [2.45, 2.75) is 77.5 Å². The van der Waals surface area contributed by atoms with Crippen LogP contribution in [-0.2, 0) is 41.6 Å². The Bertz CT molecular complexity index is 1310. The Balaban J connectivity index is 0.00000768. The highest BCUT2D eigenvalue weighted by Gasteiger charge is 2.31. The quantitative estimate of drug-likeness (QED) is 0.188. The number of amides is 6. The summed E-state index contributed by atoms with van der Waals surface area (Å²) < 4.78 is 0. The fraction of sp³-hybridized carbons (Fsp3) is 0.471. The first-order valence-electron chi connectivity index (χ1n) is 15.7. The van der Waals surface area contributed by atoms with E-state index in [2.05, 4.69) is 31.9 Å². The van der Waals surface area contributed by atoms with E-state index in [1.54, 1.807) is 0 Å². The van der Waals surface area contributed by atoms with Gasteiger partial charge in [0.05, 0.1) is 13.1 Å². The van der Waals surface area contributed by atoms with Gasteiger partial charge in [0, 0.05) is 12.8 Å². The highest BCUT2D eigenvalue weighted by Crippen LogP contribution is 2.10. The number of carbonyl (C=O) groups excluding carboxylic acids is 6. The minimum absolute atomic E-state index is 0. The summed E-state index contributed by atoms with van der Waals surface area (Å²) in [6.07, 6.45) is 0.828. The molecule has 15 nitrogen and oxygen atoms in total. The predicted molar refractivity (Wildman–Crippen MR) is 184 cm³/mol. The first-order valence-corrected chi connectivity index (χ1v) is 15.7. The highest BCUT2D eigenvalue weighted by atomic mass is 16.2. The zero-order chi connectivity index (χ0) is 33.6. The monoisotopic (exact) mass is 688 g/mol. The second-order valence-electron chi connectivity index (χ2n) is 12.4. The largest absolute Gasteiger partial charge is 0.412 e. The molecule has 0 bridgehead atoms. The average molecular weight is 689 g/mol. The molecule has 1 aliphatic rings. The van der Waals surface area contributed by atoms with Gasteiger partial charge < -0.3 is 48.3 Å². The van der Waals surface area contributed by atoms with Gasteiger partial charge in [0.15, 0.2) is 0 Å². The fourth-order valence-electron chi connectivity index (χ4n) is 5.14. The lowest BCUT2D eigenvalue weighted by molar-refractivity contribution is -0.135. The molecule has 0 radical (unpaired) electrons. The first-order chi connectivity index (χ1) is 21.9. The van der Waals surface area contributed by atoms with Crippen molar-refractivity contribution in [2.24, 2.45) is 11.8 Å². The maximum absolute atomic E-state index is 13.5. The Labute approximate surface area is 286 Å². The van der Waals surface area contributed by atoms with Gasteiger partial charge in [-0.1, -0.05) is 88.4 Å². The molecule has 6 amide bonds. The fourth-order valence-corrected chi connectivity index (χ4v) is 5.14. The predicted octanol–water partition coefficient (Wildman–Crippen LogP) is -1.72. The number of nitrogens with one attached hydrogen (secondary N) is 6. The SMILES string of the molecule is CC(C)C[C@@H]1NC(=O)CNC(=O)[C@H](CC(C)C)NC(=O)[C@@H](Cc2ccccc2)NC(=O)CNC(=O)[C@H](Cc2ccccc2)NC1=O.O.O.O. The van der Waals surface area contributed by atoms with Crippen molar-refractivity contribution in [3.05, 3.63) is 71.8 Å². The lowest BCUT2D eigenvalue weighted by atomic mass is 10.0. The first kappa shape index (κ1) is 44.1. The van der Waals surface area contributed by atoms with Crippen LogP contribution in [0.3, 0.4) is 0 Å². The smallest absolute Gasteiger partial charge is 0.243 e. The van der Waals surface area contributed by atoms with Crippen LogP contribution in [-0.4, -0.2) is 89.1 Å². The van der Waals surface area contributed by atoms with Crippen molar-refractivity contribution in [1.29, 1.82) is 0 Å². The summed E-state index contributed by atoms with van der Waals surface area (Å²) in [6, 6.07) is 14.1. The van der Waals surface area contributed by atoms with E-state index < -0.39 is 72.7 Å². The van der Waals surface area contributed by atoms with Crippen LogP contribution in [0, 0.1) is 11.8 Å². The Morgan fingerprint density at radius 1 is 0.490 bits per heavy atom. The maximum atomic E-state index is 13.5. The van der Waals surface area contributed by atoms with Gasteiger partial charge in [-0.05, 0) is 35.8 Å². The van der Waals surface area contributed by atoms with E-state index in [4.69, 9.17) is 0 Å². The van der Waals surface area contributed by atoms with Gasteiger partial charge in [-0.2, -0.15) is 0 Å². The van der Waals surface area contributed by atoms with Crippen molar-refractivity contribution in [3.63, 3.8) is 0 Å². The summed E-state index contributed by atoms with van der Waals surface area (Å²) in [6.45, 7) is 6.69. The molecule has 2 aromatic rings. The molecule has 3 rings (SSSR count). The summed E-state index contributed by atoms with van der Waals surface area (Å²) in [5.74, 6) is -3.50. The third-order valence-electron chi connectivity index (χ3n) is 7.40. The Morgan fingerprint density at radius 2 is 0.816 bits per heavy atom. The topological polar surface area (TPSA) is 269 Å². The molecule has 12 N–H and O–H groups in total. The molecule has 2 aromatic carbocycles. The molecule has 1 fully saturated rings. The van der Waals surface area contributed by atoms with Crippen LogP contribution in [0.15, 0.2) is 60.7 Å². The van der Waals surface area contributed by atoms with Crippen molar-refractivity contribution >= 4 is 35.4 Å². The molecule has 0 spiro atoms. The standard InChI is InChI=1S/C34H46N6O6.3H2O/c1-21(2)15-25-31(43)35-19-29(41)37-26(16-22(3)4)33(45)40-27(17-23-11-7-5-8-12-23)32(44)36-20-30(42)38-28(34(46)39-25)18-24-13-9-6-10-14-24;;;/h5-14,21-22,25-28H,15-20H2,1-4H3,(H,35,43)(H,36,44)(H,37,41)(H,38,42)(H,39,46)(H,40,45);3*1H2/t25-,26-,27-,28+;;;/m0.../s1. The average Bonchev–Trinajstić information content (AvgIpc) is 3.01. The molecule has 1 heterocycles. The molecule has 1 aliphatic heterocycles. The van der Waals surface area contributed by atoms with Crippen LogP contribution in [0.1, 0.15) is 51.7 Å². The molecular weight excluding hydrogens is 636 g/mol. The third-order valence-corrected chi connectivity index (χ3v) is 7.40. The number of rotatable bonds is 8. The van der Waals surface area contributed by atoms with Gasteiger partial charge in [0.2, 0.25) is 35.4 Å². The maximum Gasteiger partial charge on any atom is 0.243 e. The summed E-state index contributed by atoms with van der Waals surface area (Å²) in [7, 11) is 0. The second kappa shape index (κ2) is 21.9. The Kier molecular flexibility index (Phi) is 19.7. The van der Waals surface area contributed by atoms with E-state index >= 15 is 0 Å². The molecule has 4 atom stereocenters. The van der Waals surface area contributed by atoms with Gasteiger partial charge in [-0.15, -0.1) is 0 Å². The van der Waals surface area contributed by atoms with Crippen LogP contribution in [0.25, 0.3) is 0 Å². The summed E-state index contributed by atoms with van der Waals surface area (Å²) >= 11 is 0. The molecule has 0 aliphatic carbocycles. The van der Waals surface area contributed by atoms with E-state index in [-0.39, 0.29) is 53.9 Å². The summed E-state index contributed by atoms with van der Waals surface area (Å²) in [5, 5.41) is 16.0. The van der Waals surface area contributed by atoms with Crippen molar-refractivity contribution in [3.8, 4) is 0 Å². The number of hydrogen-bond acceptors (Lipinski definition) is 6. The minimum atomic E-state index is -1.06. The number of benzene rings is 2. The zero-order valence-electron chi connectivity index (χ0n) is 28.4. The van der Waals surface area contributed by atoms with E-state index in [1.165, 1.54) is 0 Å². The summed E-state index contributed by atoms with van der Waals surface area (Å²) in [5.41, 5.74) is 1.55. The zero-order valence-corrected chi connectivity index (χ0v) is 28.4. The van der Waals surface area contributed by atoms with Gasteiger partial charge in [-0.25, -0.2) is 0 Å². The molecular formula is C34H52N6O9. The normalized spacial score (nSPS) is 21.1. The van der Waals surface area contributed by atoms with Crippen molar-refractivity contribution in [2.75, 3.05) is 13.1 Å². The van der Waals surface area contributed by atoms with Crippen LogP contribution in [0.5, 0.6) is 0 Å². The molecule has 0 unspecified atom stereocenters. The van der Waals surface area contributed by atoms with E-state index in [9.17, 15) is 28.8 Å². The Hall–Kier alpha value is -4.86. The van der Waals surface area contributed by atoms with Gasteiger partial charge in [-0.3, -0.25) is 28.8 Å². The molecule has 0 saturated carbocycles. The van der Waals surface area contributed by atoms with Gasteiger partial charge in [0.1, 0.15) is 24.2 Å². The number of carbonyl (C=O) groups is 6.